The summed E-state index contributed by atoms with van der Waals surface area (Å²) in [4.78, 5) is 8.78. The lowest BCUT2D eigenvalue weighted by Gasteiger charge is -2.16. The van der Waals surface area contributed by atoms with Crippen LogP contribution in [0.15, 0.2) is 67.0 Å². The summed E-state index contributed by atoms with van der Waals surface area (Å²) in [6.07, 6.45) is 3.87. The average Bonchev–Trinajstić information content (AvgIpc) is 3.22. The molecule has 26 heavy (non-hydrogen) atoms. The zero-order chi connectivity index (χ0) is 17.5. The molecule has 2 atom stereocenters. The van der Waals surface area contributed by atoms with Crippen molar-refractivity contribution in [1.29, 1.82) is 0 Å². The Morgan fingerprint density at radius 2 is 1.85 bits per heavy atom. The molecule has 2 aromatic carbocycles. The minimum absolute atomic E-state index is 0.105. The highest BCUT2D eigenvalue weighted by Gasteiger charge is 2.31. The van der Waals surface area contributed by atoms with Gasteiger partial charge in [-0.25, -0.2) is 4.98 Å². The van der Waals surface area contributed by atoms with Gasteiger partial charge in [0, 0.05) is 18.8 Å². The van der Waals surface area contributed by atoms with Crippen molar-refractivity contribution in [3.05, 3.63) is 78.1 Å². The Labute approximate surface area is 155 Å². The predicted molar refractivity (Wildman–Crippen MR) is 105 cm³/mol. The maximum absolute atomic E-state index is 10.4. The number of nitrogens with zero attached hydrogens (tertiary/aromatic N) is 2. The highest BCUT2D eigenvalue weighted by molar-refractivity contribution is 7.22. The summed E-state index contributed by atoms with van der Waals surface area (Å²) in [6, 6.07) is 18.4. The van der Waals surface area contributed by atoms with Gasteiger partial charge in [0.25, 0.3) is 0 Å². The van der Waals surface area contributed by atoms with Gasteiger partial charge in [-0.05, 0) is 46.5 Å². The maximum atomic E-state index is 10.4. The monoisotopic (exact) mass is 359 g/mol. The minimum atomic E-state index is -0.424. The average molecular weight is 359 g/mol. The van der Waals surface area contributed by atoms with Crippen molar-refractivity contribution in [1.82, 2.24) is 9.97 Å². The molecule has 0 unspecified atom stereocenters. The smallest absolute Gasteiger partial charge is 0.184 e. The Hall–Kier alpha value is -2.76. The Morgan fingerprint density at radius 3 is 2.73 bits per heavy atom. The van der Waals surface area contributed by atoms with Gasteiger partial charge in [-0.15, -0.1) is 0 Å². The van der Waals surface area contributed by atoms with Gasteiger partial charge in [-0.1, -0.05) is 41.7 Å². The van der Waals surface area contributed by atoms with Crippen molar-refractivity contribution in [3.8, 4) is 11.1 Å². The molecule has 0 radical (unpaired) electrons. The van der Waals surface area contributed by atoms with Crippen LogP contribution in [0.25, 0.3) is 21.3 Å². The van der Waals surface area contributed by atoms with E-state index in [1.807, 2.05) is 30.3 Å². The molecule has 4 aromatic rings. The summed E-state index contributed by atoms with van der Waals surface area (Å²) >= 11 is 1.62. The number of rotatable bonds is 3. The lowest BCUT2D eigenvalue weighted by Crippen LogP contribution is -2.20. The minimum Gasteiger partial charge on any atom is -0.390 e. The number of benzene rings is 2. The van der Waals surface area contributed by atoms with Crippen LogP contribution in [0.5, 0.6) is 0 Å². The molecule has 128 valence electrons. The first-order valence-electron chi connectivity index (χ1n) is 8.61. The normalized spacial score (nSPS) is 18.8. The first kappa shape index (κ1) is 15.5. The largest absolute Gasteiger partial charge is 0.390 e. The summed E-state index contributed by atoms with van der Waals surface area (Å²) in [5, 5.41) is 14.7. The Morgan fingerprint density at radius 1 is 1.00 bits per heavy atom. The van der Waals surface area contributed by atoms with Crippen molar-refractivity contribution in [2.75, 3.05) is 5.32 Å². The number of pyridine rings is 1. The molecule has 2 N–H and O–H groups in total. The second kappa shape index (κ2) is 6.20. The van der Waals surface area contributed by atoms with Gasteiger partial charge in [-0.2, -0.15) is 0 Å². The zero-order valence-corrected chi connectivity index (χ0v) is 14.8. The van der Waals surface area contributed by atoms with Gasteiger partial charge < -0.3 is 10.4 Å². The Bertz CT molecular complexity index is 1080. The molecule has 0 saturated heterocycles. The third-order valence-corrected chi connectivity index (χ3v) is 5.83. The Kier molecular flexibility index (Phi) is 3.69. The number of nitrogens with one attached hydrogen (secondary N) is 1. The molecule has 2 aromatic heterocycles. The third-order valence-electron chi connectivity index (χ3n) is 4.89. The number of aliphatic hydroxyl groups is 1. The molecular formula is C21H17N3OS. The SMILES string of the molecule is O[C@@H]1Cc2ccccc2[C@@H]1Nc1nc2ccc(-c3ccncc3)cc2s1. The number of anilines is 1. The van der Waals surface area contributed by atoms with Crippen LogP contribution in [0.1, 0.15) is 17.2 Å². The molecule has 5 rings (SSSR count). The van der Waals surface area contributed by atoms with Gasteiger partial charge in [0.1, 0.15) is 0 Å². The molecule has 1 aliphatic carbocycles. The molecule has 2 heterocycles. The van der Waals surface area contributed by atoms with Crippen molar-refractivity contribution < 1.29 is 5.11 Å². The fraction of sp³-hybridized carbons (Fsp3) is 0.143. The molecule has 5 heteroatoms. The maximum Gasteiger partial charge on any atom is 0.184 e. The number of hydrogen-bond donors (Lipinski definition) is 2. The lowest BCUT2D eigenvalue weighted by molar-refractivity contribution is 0.166. The summed E-state index contributed by atoms with van der Waals surface area (Å²) in [5.41, 5.74) is 5.64. The number of aliphatic hydroxyl groups excluding tert-OH is 1. The topological polar surface area (TPSA) is 58.0 Å². The molecule has 0 spiro atoms. The number of fused-ring (bicyclic) bond motifs is 2. The highest BCUT2D eigenvalue weighted by Crippen LogP contribution is 2.37. The summed E-state index contributed by atoms with van der Waals surface area (Å²) in [5.74, 6) is 0. The molecule has 0 aliphatic heterocycles. The van der Waals surface area contributed by atoms with Crippen molar-refractivity contribution >= 4 is 26.7 Å². The predicted octanol–water partition coefficient (Wildman–Crippen LogP) is 4.43. The van der Waals surface area contributed by atoms with E-state index in [1.165, 1.54) is 5.56 Å². The van der Waals surface area contributed by atoms with Crippen LogP contribution >= 0.6 is 11.3 Å². The van der Waals surface area contributed by atoms with Crippen molar-refractivity contribution in [3.63, 3.8) is 0 Å². The van der Waals surface area contributed by atoms with Crippen LogP contribution in [0.4, 0.5) is 5.13 Å². The second-order valence-electron chi connectivity index (χ2n) is 6.53. The number of hydrogen-bond acceptors (Lipinski definition) is 5. The summed E-state index contributed by atoms with van der Waals surface area (Å²) in [6.45, 7) is 0. The zero-order valence-electron chi connectivity index (χ0n) is 14.0. The van der Waals surface area contributed by atoms with Crippen LogP contribution in [0, 0.1) is 0 Å². The van der Waals surface area contributed by atoms with Crippen molar-refractivity contribution in [2.45, 2.75) is 18.6 Å². The molecule has 4 nitrogen and oxygen atoms in total. The summed E-state index contributed by atoms with van der Waals surface area (Å²) < 4.78 is 1.13. The number of thiazole rings is 1. The molecule has 0 amide bonds. The van der Waals surface area contributed by atoms with E-state index in [2.05, 4.69) is 34.6 Å². The van der Waals surface area contributed by atoms with Crippen LogP contribution in [-0.2, 0) is 6.42 Å². The van der Waals surface area contributed by atoms with E-state index < -0.39 is 6.10 Å². The van der Waals surface area contributed by atoms with Crippen molar-refractivity contribution in [2.24, 2.45) is 0 Å². The van der Waals surface area contributed by atoms with Crippen LogP contribution in [-0.4, -0.2) is 21.2 Å². The quantitative estimate of drug-likeness (QED) is 0.568. The molecule has 0 saturated carbocycles. The van der Waals surface area contributed by atoms with E-state index >= 15 is 0 Å². The second-order valence-corrected chi connectivity index (χ2v) is 7.56. The lowest BCUT2D eigenvalue weighted by atomic mass is 10.1. The Balaban J connectivity index is 1.47. The van der Waals surface area contributed by atoms with Gasteiger partial charge in [-0.3, -0.25) is 4.98 Å². The van der Waals surface area contributed by atoms with E-state index in [1.54, 1.807) is 23.7 Å². The standard InChI is InChI=1S/C21H17N3OS/c25-18-11-15-3-1-2-4-16(15)20(18)24-21-23-17-6-5-14(12-19(17)26-21)13-7-9-22-10-8-13/h1-10,12,18,20,25H,11H2,(H,23,24)/t18-,20+/m1/s1. The molecule has 0 fully saturated rings. The first-order valence-corrected chi connectivity index (χ1v) is 9.43. The van der Waals surface area contributed by atoms with E-state index in [-0.39, 0.29) is 6.04 Å². The fourth-order valence-electron chi connectivity index (χ4n) is 3.59. The van der Waals surface area contributed by atoms with Crippen LogP contribution < -0.4 is 5.32 Å². The fourth-order valence-corrected chi connectivity index (χ4v) is 4.53. The van der Waals surface area contributed by atoms with Crippen LogP contribution in [0.2, 0.25) is 0 Å². The van der Waals surface area contributed by atoms with E-state index in [0.717, 1.165) is 32.0 Å². The first-order chi connectivity index (χ1) is 12.8. The van der Waals surface area contributed by atoms with E-state index in [9.17, 15) is 5.11 Å². The third kappa shape index (κ3) is 2.66. The highest BCUT2D eigenvalue weighted by atomic mass is 32.1. The van der Waals surface area contributed by atoms with E-state index in [4.69, 9.17) is 4.98 Å². The van der Waals surface area contributed by atoms with Gasteiger partial charge in [0.15, 0.2) is 5.13 Å². The molecular weight excluding hydrogens is 342 g/mol. The number of aromatic nitrogens is 2. The van der Waals surface area contributed by atoms with Gasteiger partial charge in [0.05, 0.1) is 22.4 Å². The van der Waals surface area contributed by atoms with Gasteiger partial charge >= 0.3 is 0 Å². The molecule has 1 aliphatic rings. The van der Waals surface area contributed by atoms with Gasteiger partial charge in [0.2, 0.25) is 0 Å². The van der Waals surface area contributed by atoms with E-state index in [0.29, 0.717) is 6.42 Å². The summed E-state index contributed by atoms with van der Waals surface area (Å²) in [7, 11) is 0. The van der Waals surface area contributed by atoms with Crippen LogP contribution in [0.3, 0.4) is 0 Å². The molecule has 0 bridgehead atoms.